The van der Waals surface area contributed by atoms with Crippen molar-refractivity contribution in [1.82, 2.24) is 10.3 Å². The Morgan fingerprint density at radius 3 is 2.94 bits per heavy atom. The van der Waals surface area contributed by atoms with Crippen molar-refractivity contribution in [2.45, 2.75) is 25.4 Å². The van der Waals surface area contributed by atoms with E-state index in [2.05, 4.69) is 10.3 Å². The molecular formula is C14H18N2O2. The van der Waals surface area contributed by atoms with E-state index in [9.17, 15) is 0 Å². The lowest BCUT2D eigenvalue weighted by molar-refractivity contribution is 0.0328. The molecule has 3 rings (SSSR count). The van der Waals surface area contributed by atoms with Gasteiger partial charge in [0.15, 0.2) is 11.5 Å². The van der Waals surface area contributed by atoms with Crippen molar-refractivity contribution in [1.29, 1.82) is 0 Å². The number of hydrogen-bond acceptors (Lipinski definition) is 4. The standard InChI is InChI=1S/C14H18N2O2/c1-2-4-13-12(3-1)16-14(18-13)7-10-17-11-5-8-15-9-6-11/h1-4,11,15H,5-10H2. The monoisotopic (exact) mass is 246 g/mol. The van der Waals surface area contributed by atoms with Gasteiger partial charge in [-0.25, -0.2) is 4.98 Å². The molecule has 0 spiro atoms. The molecule has 96 valence electrons. The Kier molecular flexibility index (Phi) is 3.57. The van der Waals surface area contributed by atoms with E-state index in [0.717, 1.165) is 49.3 Å². The van der Waals surface area contributed by atoms with Gasteiger partial charge < -0.3 is 14.5 Å². The highest BCUT2D eigenvalue weighted by Crippen LogP contribution is 2.15. The number of nitrogens with zero attached hydrogens (tertiary/aromatic N) is 1. The van der Waals surface area contributed by atoms with Crippen LogP contribution in [0.1, 0.15) is 18.7 Å². The molecule has 1 aliphatic heterocycles. The number of ether oxygens (including phenoxy) is 1. The van der Waals surface area contributed by atoms with Crippen LogP contribution in [0.2, 0.25) is 0 Å². The van der Waals surface area contributed by atoms with Gasteiger partial charge in [-0.15, -0.1) is 0 Å². The number of piperidine rings is 1. The van der Waals surface area contributed by atoms with Crippen LogP contribution in [0.15, 0.2) is 28.7 Å². The summed E-state index contributed by atoms with van der Waals surface area (Å²) in [5.74, 6) is 0.769. The highest BCUT2D eigenvalue weighted by atomic mass is 16.5. The normalized spacial score (nSPS) is 17.3. The second-order valence-corrected chi connectivity index (χ2v) is 4.65. The minimum Gasteiger partial charge on any atom is -0.441 e. The molecule has 1 aromatic heterocycles. The van der Waals surface area contributed by atoms with Crippen molar-refractivity contribution in [2.24, 2.45) is 0 Å². The maximum absolute atomic E-state index is 5.84. The summed E-state index contributed by atoms with van der Waals surface area (Å²) in [5, 5.41) is 3.33. The van der Waals surface area contributed by atoms with Crippen LogP contribution < -0.4 is 5.32 Å². The molecule has 0 bridgehead atoms. The maximum Gasteiger partial charge on any atom is 0.197 e. The minimum atomic E-state index is 0.399. The predicted molar refractivity (Wildman–Crippen MR) is 69.6 cm³/mol. The van der Waals surface area contributed by atoms with E-state index in [4.69, 9.17) is 9.15 Å². The highest BCUT2D eigenvalue weighted by molar-refractivity contribution is 5.72. The maximum atomic E-state index is 5.84. The summed E-state index contributed by atoms with van der Waals surface area (Å²) in [4.78, 5) is 4.44. The summed E-state index contributed by atoms with van der Waals surface area (Å²) in [7, 11) is 0. The highest BCUT2D eigenvalue weighted by Gasteiger charge is 2.13. The average molecular weight is 246 g/mol. The fourth-order valence-electron chi connectivity index (χ4n) is 2.30. The first-order valence-electron chi connectivity index (χ1n) is 6.58. The van der Waals surface area contributed by atoms with Crippen molar-refractivity contribution in [3.8, 4) is 0 Å². The Balaban J connectivity index is 1.53. The van der Waals surface area contributed by atoms with Crippen LogP contribution in [0.25, 0.3) is 11.1 Å². The first-order chi connectivity index (χ1) is 8.92. The number of nitrogens with one attached hydrogen (secondary N) is 1. The molecule has 0 atom stereocenters. The molecule has 1 saturated heterocycles. The van der Waals surface area contributed by atoms with E-state index in [1.807, 2.05) is 24.3 Å². The summed E-state index contributed by atoms with van der Waals surface area (Å²) >= 11 is 0. The zero-order chi connectivity index (χ0) is 12.2. The van der Waals surface area contributed by atoms with Gasteiger partial charge >= 0.3 is 0 Å². The van der Waals surface area contributed by atoms with Gasteiger partial charge in [-0.3, -0.25) is 0 Å². The molecule has 0 amide bonds. The summed E-state index contributed by atoms with van der Waals surface area (Å²) < 4.78 is 11.5. The molecule has 0 saturated carbocycles. The van der Waals surface area contributed by atoms with Gasteiger partial charge in [-0.1, -0.05) is 12.1 Å². The molecule has 0 unspecified atom stereocenters. The molecule has 18 heavy (non-hydrogen) atoms. The fourth-order valence-corrected chi connectivity index (χ4v) is 2.30. The average Bonchev–Trinajstić information content (AvgIpc) is 2.82. The number of oxazole rings is 1. The number of fused-ring (bicyclic) bond motifs is 1. The molecule has 1 aromatic carbocycles. The molecule has 4 nitrogen and oxygen atoms in total. The SMILES string of the molecule is c1ccc2oc(CCOC3CCNCC3)nc2c1. The lowest BCUT2D eigenvalue weighted by atomic mass is 10.1. The van der Waals surface area contributed by atoms with E-state index in [1.54, 1.807) is 0 Å². The molecule has 1 N–H and O–H groups in total. The van der Waals surface area contributed by atoms with Crippen LogP contribution in [0, 0.1) is 0 Å². The van der Waals surface area contributed by atoms with Crippen molar-refractivity contribution < 1.29 is 9.15 Å². The summed E-state index contributed by atoms with van der Waals surface area (Å²) in [6.45, 7) is 2.82. The molecule has 1 fully saturated rings. The fraction of sp³-hybridized carbons (Fsp3) is 0.500. The molecule has 0 radical (unpaired) electrons. The second kappa shape index (κ2) is 5.50. The lowest BCUT2D eigenvalue weighted by Gasteiger charge is -2.22. The zero-order valence-corrected chi connectivity index (χ0v) is 10.4. The topological polar surface area (TPSA) is 47.3 Å². The molecular weight excluding hydrogens is 228 g/mol. The Bertz CT molecular complexity index is 470. The van der Waals surface area contributed by atoms with E-state index < -0.39 is 0 Å². The zero-order valence-electron chi connectivity index (χ0n) is 10.4. The minimum absolute atomic E-state index is 0.399. The molecule has 2 aromatic rings. The first-order valence-corrected chi connectivity index (χ1v) is 6.58. The van der Waals surface area contributed by atoms with E-state index >= 15 is 0 Å². The Morgan fingerprint density at radius 2 is 2.11 bits per heavy atom. The Hall–Kier alpha value is -1.39. The smallest absolute Gasteiger partial charge is 0.197 e. The Morgan fingerprint density at radius 1 is 1.28 bits per heavy atom. The third-order valence-electron chi connectivity index (χ3n) is 3.29. The van der Waals surface area contributed by atoms with Crippen LogP contribution in [-0.2, 0) is 11.2 Å². The summed E-state index contributed by atoms with van der Waals surface area (Å²) in [6.07, 6.45) is 3.36. The van der Waals surface area contributed by atoms with Gasteiger partial charge in [-0.2, -0.15) is 0 Å². The molecule has 0 aliphatic carbocycles. The predicted octanol–water partition coefficient (Wildman–Crippen LogP) is 2.14. The number of aromatic nitrogens is 1. The number of para-hydroxylation sites is 2. The van der Waals surface area contributed by atoms with Crippen LogP contribution in [0.4, 0.5) is 0 Å². The van der Waals surface area contributed by atoms with E-state index in [-0.39, 0.29) is 0 Å². The van der Waals surface area contributed by atoms with Gasteiger partial charge in [-0.05, 0) is 38.1 Å². The van der Waals surface area contributed by atoms with Gasteiger partial charge in [0, 0.05) is 6.42 Å². The van der Waals surface area contributed by atoms with Gasteiger partial charge in [0.05, 0.1) is 12.7 Å². The van der Waals surface area contributed by atoms with Gasteiger partial charge in [0.25, 0.3) is 0 Å². The third kappa shape index (κ3) is 2.71. The summed E-state index contributed by atoms with van der Waals surface area (Å²) in [6, 6.07) is 7.85. The van der Waals surface area contributed by atoms with Crippen molar-refractivity contribution in [3.63, 3.8) is 0 Å². The van der Waals surface area contributed by atoms with E-state index in [1.165, 1.54) is 0 Å². The largest absolute Gasteiger partial charge is 0.441 e. The van der Waals surface area contributed by atoms with Crippen molar-refractivity contribution in [3.05, 3.63) is 30.2 Å². The van der Waals surface area contributed by atoms with Gasteiger partial charge in [0.1, 0.15) is 5.52 Å². The van der Waals surface area contributed by atoms with Crippen LogP contribution in [0.3, 0.4) is 0 Å². The first kappa shape index (κ1) is 11.7. The van der Waals surface area contributed by atoms with E-state index in [0.29, 0.717) is 12.7 Å². The molecule has 1 aliphatic rings. The third-order valence-corrected chi connectivity index (χ3v) is 3.29. The number of hydrogen-bond donors (Lipinski definition) is 1. The van der Waals surface area contributed by atoms with Crippen molar-refractivity contribution >= 4 is 11.1 Å². The quantitative estimate of drug-likeness (QED) is 0.898. The van der Waals surface area contributed by atoms with Crippen molar-refractivity contribution in [2.75, 3.05) is 19.7 Å². The van der Waals surface area contributed by atoms with Crippen LogP contribution in [-0.4, -0.2) is 30.8 Å². The van der Waals surface area contributed by atoms with Crippen LogP contribution >= 0.6 is 0 Å². The Labute approximate surface area is 106 Å². The van der Waals surface area contributed by atoms with Crippen LogP contribution in [0.5, 0.6) is 0 Å². The lowest BCUT2D eigenvalue weighted by Crippen LogP contribution is -2.32. The number of benzene rings is 1. The second-order valence-electron chi connectivity index (χ2n) is 4.65. The molecule has 2 heterocycles. The summed E-state index contributed by atoms with van der Waals surface area (Å²) in [5.41, 5.74) is 1.78. The number of rotatable bonds is 4. The van der Waals surface area contributed by atoms with Gasteiger partial charge in [0.2, 0.25) is 0 Å². The molecule has 4 heteroatoms.